The summed E-state index contributed by atoms with van der Waals surface area (Å²) in [7, 11) is 0. The molecule has 0 spiro atoms. The Morgan fingerprint density at radius 1 is 1.26 bits per heavy atom. The first kappa shape index (κ1) is 13.7. The maximum atomic E-state index is 12.2. The van der Waals surface area contributed by atoms with E-state index in [1.807, 2.05) is 0 Å². The van der Waals surface area contributed by atoms with Gasteiger partial charge < -0.3 is 4.74 Å². The van der Waals surface area contributed by atoms with Gasteiger partial charge in [-0.1, -0.05) is 25.0 Å². The molecule has 0 saturated heterocycles. The van der Waals surface area contributed by atoms with Gasteiger partial charge in [-0.25, -0.2) is 5.48 Å². The van der Waals surface area contributed by atoms with Crippen LogP contribution in [0.5, 0.6) is 5.75 Å². The van der Waals surface area contributed by atoms with Crippen LogP contribution in [0.2, 0.25) is 0 Å². The van der Waals surface area contributed by atoms with E-state index in [4.69, 9.17) is 4.84 Å². The number of benzene rings is 1. The van der Waals surface area contributed by atoms with Gasteiger partial charge in [0.25, 0.3) is 5.91 Å². The lowest BCUT2D eigenvalue weighted by Gasteiger charge is -2.13. The van der Waals surface area contributed by atoms with Gasteiger partial charge in [0.2, 0.25) is 0 Å². The van der Waals surface area contributed by atoms with Crippen LogP contribution in [0.15, 0.2) is 24.3 Å². The van der Waals surface area contributed by atoms with Crippen molar-refractivity contribution in [1.82, 2.24) is 5.48 Å². The summed E-state index contributed by atoms with van der Waals surface area (Å²) in [5, 5.41) is 0. The predicted molar refractivity (Wildman–Crippen MR) is 63.9 cm³/mol. The second-order valence-electron chi connectivity index (χ2n) is 4.33. The third-order valence-electron chi connectivity index (χ3n) is 2.97. The number of ether oxygens (including phenoxy) is 1. The number of hydroxylamine groups is 1. The van der Waals surface area contributed by atoms with E-state index in [9.17, 15) is 13.6 Å². The van der Waals surface area contributed by atoms with Crippen molar-refractivity contribution in [2.24, 2.45) is 0 Å². The monoisotopic (exact) mass is 271 g/mol. The standard InChI is InChI=1S/C13H15F2NO3/c14-13(15)18-11-8-4-3-7-10(11)12(17)16-19-9-5-1-2-6-9/h3-4,7-9,13H,1-2,5-6H2,(H,16,17). The summed E-state index contributed by atoms with van der Waals surface area (Å²) in [6, 6.07) is 5.82. The molecule has 1 fully saturated rings. The molecule has 1 N–H and O–H groups in total. The summed E-state index contributed by atoms with van der Waals surface area (Å²) in [6.07, 6.45) is 3.95. The fourth-order valence-corrected chi connectivity index (χ4v) is 2.05. The zero-order valence-electron chi connectivity index (χ0n) is 10.3. The number of amides is 1. The summed E-state index contributed by atoms with van der Waals surface area (Å²) in [5.41, 5.74) is 2.32. The van der Waals surface area contributed by atoms with Gasteiger partial charge in [-0.05, 0) is 25.0 Å². The summed E-state index contributed by atoms with van der Waals surface area (Å²) >= 11 is 0. The molecule has 1 aromatic rings. The first-order valence-electron chi connectivity index (χ1n) is 6.16. The van der Waals surface area contributed by atoms with E-state index in [0.29, 0.717) is 0 Å². The van der Waals surface area contributed by atoms with Crippen LogP contribution in [0.4, 0.5) is 8.78 Å². The minimum absolute atomic E-state index is 0.00660. The molecular formula is C13H15F2NO3. The molecule has 0 heterocycles. The molecule has 0 aliphatic heterocycles. The number of nitrogens with one attached hydrogen (secondary N) is 1. The predicted octanol–water partition coefficient (Wildman–Crippen LogP) is 2.89. The molecule has 0 radical (unpaired) electrons. The lowest BCUT2D eigenvalue weighted by Crippen LogP contribution is -2.28. The molecule has 1 aliphatic rings. The molecule has 0 bridgehead atoms. The summed E-state index contributed by atoms with van der Waals surface area (Å²) in [6.45, 7) is -2.97. The Hall–Kier alpha value is -1.69. The molecule has 0 unspecified atom stereocenters. The summed E-state index contributed by atoms with van der Waals surface area (Å²) < 4.78 is 28.7. The number of alkyl halides is 2. The van der Waals surface area contributed by atoms with E-state index < -0.39 is 12.5 Å². The van der Waals surface area contributed by atoms with Crippen LogP contribution in [0.3, 0.4) is 0 Å². The summed E-state index contributed by atoms with van der Waals surface area (Å²) in [5.74, 6) is -0.742. The van der Waals surface area contributed by atoms with E-state index >= 15 is 0 Å². The number of halogens is 2. The van der Waals surface area contributed by atoms with Gasteiger partial charge >= 0.3 is 6.61 Å². The van der Waals surface area contributed by atoms with E-state index in [0.717, 1.165) is 25.7 Å². The van der Waals surface area contributed by atoms with Crippen molar-refractivity contribution in [2.45, 2.75) is 38.4 Å². The van der Waals surface area contributed by atoms with Crippen LogP contribution < -0.4 is 10.2 Å². The molecule has 1 aliphatic carbocycles. The molecule has 1 amide bonds. The van der Waals surface area contributed by atoms with Crippen LogP contribution in [0, 0.1) is 0 Å². The second-order valence-corrected chi connectivity index (χ2v) is 4.33. The van der Waals surface area contributed by atoms with Gasteiger partial charge in [0, 0.05) is 0 Å². The van der Waals surface area contributed by atoms with Crippen molar-refractivity contribution < 1.29 is 23.1 Å². The van der Waals surface area contributed by atoms with Crippen LogP contribution in [-0.4, -0.2) is 18.6 Å². The van der Waals surface area contributed by atoms with Crippen LogP contribution in [0.1, 0.15) is 36.0 Å². The fourth-order valence-electron chi connectivity index (χ4n) is 2.05. The van der Waals surface area contributed by atoms with Gasteiger partial charge in [-0.15, -0.1) is 0 Å². The Kier molecular flexibility index (Phi) is 4.68. The van der Waals surface area contributed by atoms with Crippen LogP contribution in [-0.2, 0) is 4.84 Å². The Bertz CT molecular complexity index is 434. The van der Waals surface area contributed by atoms with Crippen molar-refractivity contribution >= 4 is 5.91 Å². The number of carbonyl (C=O) groups excluding carboxylic acids is 1. The zero-order chi connectivity index (χ0) is 13.7. The molecule has 104 valence electrons. The molecular weight excluding hydrogens is 256 g/mol. The van der Waals surface area contributed by atoms with Gasteiger partial charge in [-0.2, -0.15) is 8.78 Å². The molecule has 0 aromatic heterocycles. The first-order chi connectivity index (χ1) is 9.16. The second kappa shape index (κ2) is 6.47. The topological polar surface area (TPSA) is 47.6 Å². The third kappa shape index (κ3) is 3.89. The van der Waals surface area contributed by atoms with Gasteiger partial charge in [0.1, 0.15) is 5.75 Å². The largest absolute Gasteiger partial charge is 0.434 e. The van der Waals surface area contributed by atoms with Gasteiger partial charge in [-0.3, -0.25) is 9.63 Å². The number of hydrogen-bond acceptors (Lipinski definition) is 3. The van der Waals surface area contributed by atoms with E-state index in [1.54, 1.807) is 6.07 Å². The smallest absolute Gasteiger partial charge is 0.387 e. The molecule has 0 atom stereocenters. The molecule has 6 heteroatoms. The minimum Gasteiger partial charge on any atom is -0.434 e. The average molecular weight is 271 g/mol. The highest BCUT2D eigenvalue weighted by atomic mass is 19.3. The Morgan fingerprint density at radius 2 is 1.95 bits per heavy atom. The molecule has 2 rings (SSSR count). The Morgan fingerprint density at radius 3 is 2.63 bits per heavy atom. The minimum atomic E-state index is -2.97. The SMILES string of the molecule is O=C(NOC1CCCC1)c1ccccc1OC(F)F. The molecule has 4 nitrogen and oxygen atoms in total. The van der Waals surface area contributed by atoms with Crippen molar-refractivity contribution in [3.63, 3.8) is 0 Å². The van der Waals surface area contributed by atoms with E-state index in [1.165, 1.54) is 18.2 Å². The molecule has 1 aromatic carbocycles. The van der Waals surface area contributed by atoms with Gasteiger partial charge in [0.15, 0.2) is 0 Å². The third-order valence-corrected chi connectivity index (χ3v) is 2.97. The van der Waals surface area contributed by atoms with Crippen LogP contribution in [0.25, 0.3) is 0 Å². The zero-order valence-corrected chi connectivity index (χ0v) is 10.3. The molecule has 1 saturated carbocycles. The first-order valence-corrected chi connectivity index (χ1v) is 6.16. The van der Waals surface area contributed by atoms with Crippen molar-refractivity contribution in [3.8, 4) is 5.75 Å². The number of para-hydroxylation sites is 1. The Labute approximate surface area is 109 Å². The van der Waals surface area contributed by atoms with Crippen molar-refractivity contribution in [1.29, 1.82) is 0 Å². The van der Waals surface area contributed by atoms with E-state index in [2.05, 4.69) is 10.2 Å². The summed E-state index contributed by atoms with van der Waals surface area (Å²) in [4.78, 5) is 17.1. The Balaban J connectivity index is 1.97. The quantitative estimate of drug-likeness (QED) is 0.838. The number of rotatable bonds is 5. The molecule has 19 heavy (non-hydrogen) atoms. The maximum absolute atomic E-state index is 12.2. The van der Waals surface area contributed by atoms with E-state index in [-0.39, 0.29) is 17.4 Å². The normalized spacial score (nSPS) is 15.7. The van der Waals surface area contributed by atoms with Crippen molar-refractivity contribution in [3.05, 3.63) is 29.8 Å². The maximum Gasteiger partial charge on any atom is 0.387 e. The highest BCUT2D eigenvalue weighted by molar-refractivity contribution is 5.96. The lowest BCUT2D eigenvalue weighted by atomic mass is 10.2. The highest BCUT2D eigenvalue weighted by Gasteiger charge is 2.19. The lowest BCUT2D eigenvalue weighted by molar-refractivity contribution is -0.0507. The van der Waals surface area contributed by atoms with Crippen molar-refractivity contribution in [2.75, 3.05) is 0 Å². The fraction of sp³-hybridized carbons (Fsp3) is 0.462. The average Bonchev–Trinajstić information content (AvgIpc) is 2.89. The number of hydrogen-bond donors (Lipinski definition) is 1. The van der Waals surface area contributed by atoms with Crippen LogP contribution >= 0.6 is 0 Å². The van der Waals surface area contributed by atoms with Gasteiger partial charge in [0.05, 0.1) is 11.7 Å². The highest BCUT2D eigenvalue weighted by Crippen LogP contribution is 2.22. The number of carbonyl (C=O) groups is 1.